The third-order valence-electron chi connectivity index (χ3n) is 4.03. The molecule has 0 aliphatic heterocycles. The molecule has 3 rings (SSSR count). The number of nitrogens with one attached hydrogen (secondary N) is 1. The van der Waals surface area contributed by atoms with Gasteiger partial charge in [-0.15, -0.1) is 0 Å². The summed E-state index contributed by atoms with van der Waals surface area (Å²) in [5, 5.41) is 12.7. The van der Waals surface area contributed by atoms with Crippen LogP contribution < -0.4 is 11.1 Å². The fourth-order valence-corrected chi connectivity index (χ4v) is 3.55. The van der Waals surface area contributed by atoms with Crippen LogP contribution in [0.3, 0.4) is 0 Å². The van der Waals surface area contributed by atoms with Gasteiger partial charge in [0.05, 0.1) is 5.69 Å². The number of nitrogen functional groups attached to an aromatic ring is 1. The molecule has 0 radical (unpaired) electrons. The van der Waals surface area contributed by atoms with E-state index < -0.39 is 20.9 Å². The number of amides is 1. The maximum Gasteiger partial charge on any atom is 0.297 e. The maximum atomic E-state index is 12.5. The van der Waals surface area contributed by atoms with Crippen LogP contribution in [0.1, 0.15) is 15.9 Å². The molecule has 26 heavy (non-hydrogen) atoms. The topological polar surface area (TPSA) is 130 Å². The number of fused-ring (bicyclic) bond motifs is 1. The molecule has 1 amide bonds. The van der Waals surface area contributed by atoms with Gasteiger partial charge in [0.25, 0.3) is 16.0 Å². The second kappa shape index (κ2) is 6.32. The average molecular weight is 372 g/mol. The Kier molecular flexibility index (Phi) is 4.31. The van der Waals surface area contributed by atoms with Crippen molar-refractivity contribution in [3.8, 4) is 5.75 Å². The van der Waals surface area contributed by atoms with Crippen LogP contribution in [0.5, 0.6) is 5.75 Å². The van der Waals surface area contributed by atoms with E-state index in [2.05, 4.69) is 5.32 Å². The molecule has 0 atom stereocenters. The first-order chi connectivity index (χ1) is 12.2. The average Bonchev–Trinajstić information content (AvgIpc) is 2.56. The highest BCUT2D eigenvalue weighted by Gasteiger charge is 2.22. The highest BCUT2D eigenvalue weighted by Crippen LogP contribution is 2.34. The molecule has 0 aromatic heterocycles. The Hall–Kier alpha value is -3.10. The molecule has 3 aromatic carbocycles. The first-order valence-corrected chi connectivity index (χ1v) is 9.02. The number of carbonyl (C=O) groups is 1. The van der Waals surface area contributed by atoms with Crippen molar-refractivity contribution in [3.05, 3.63) is 59.7 Å². The lowest BCUT2D eigenvalue weighted by atomic mass is 10.1. The standard InChI is InChI=1S/C18H16N2O5S/c1-10-9-11(5-7-14(10)19)18(22)20-15-8-6-12-13(3-2-4-16(12)21)17(15)26(23,24)25/h2-9,21H,19H2,1H3,(H,20,22)(H,23,24,25). The predicted molar refractivity (Wildman–Crippen MR) is 99.0 cm³/mol. The molecule has 134 valence electrons. The Morgan fingerprint density at radius 1 is 1.08 bits per heavy atom. The number of benzene rings is 3. The van der Waals surface area contributed by atoms with Crippen LogP contribution in [0.25, 0.3) is 10.8 Å². The molecule has 3 aromatic rings. The van der Waals surface area contributed by atoms with Crippen LogP contribution in [0.2, 0.25) is 0 Å². The lowest BCUT2D eigenvalue weighted by molar-refractivity contribution is 0.102. The minimum atomic E-state index is -4.67. The van der Waals surface area contributed by atoms with Crippen molar-refractivity contribution in [1.29, 1.82) is 0 Å². The minimum Gasteiger partial charge on any atom is -0.507 e. The normalized spacial score (nSPS) is 11.5. The third-order valence-corrected chi connectivity index (χ3v) is 4.98. The van der Waals surface area contributed by atoms with Crippen molar-refractivity contribution in [2.75, 3.05) is 11.1 Å². The maximum absolute atomic E-state index is 12.5. The van der Waals surface area contributed by atoms with Gasteiger partial charge in [-0.1, -0.05) is 12.1 Å². The molecule has 0 heterocycles. The van der Waals surface area contributed by atoms with Crippen LogP contribution in [0, 0.1) is 6.92 Å². The van der Waals surface area contributed by atoms with Crippen molar-refractivity contribution >= 4 is 38.2 Å². The third kappa shape index (κ3) is 3.19. The van der Waals surface area contributed by atoms with Gasteiger partial charge in [0.15, 0.2) is 0 Å². The van der Waals surface area contributed by atoms with Crippen LogP contribution in [0.15, 0.2) is 53.4 Å². The first kappa shape index (κ1) is 17.7. The molecule has 0 saturated heterocycles. The van der Waals surface area contributed by atoms with E-state index in [-0.39, 0.29) is 27.8 Å². The van der Waals surface area contributed by atoms with E-state index >= 15 is 0 Å². The van der Waals surface area contributed by atoms with Crippen LogP contribution in [-0.2, 0) is 10.1 Å². The fraction of sp³-hybridized carbons (Fsp3) is 0.0556. The highest BCUT2D eigenvalue weighted by atomic mass is 32.2. The van der Waals surface area contributed by atoms with Gasteiger partial charge in [-0.25, -0.2) is 0 Å². The number of hydrogen-bond acceptors (Lipinski definition) is 5. The van der Waals surface area contributed by atoms with E-state index in [0.717, 1.165) is 0 Å². The first-order valence-electron chi connectivity index (χ1n) is 7.58. The van der Waals surface area contributed by atoms with Gasteiger partial charge in [-0.2, -0.15) is 8.42 Å². The van der Waals surface area contributed by atoms with Gasteiger partial charge < -0.3 is 16.2 Å². The number of phenolic OH excluding ortho intramolecular Hbond substituents is 1. The number of anilines is 2. The predicted octanol–water partition coefficient (Wildman–Crippen LogP) is 2.94. The zero-order valence-electron chi connectivity index (χ0n) is 13.7. The lowest BCUT2D eigenvalue weighted by Crippen LogP contribution is -2.15. The van der Waals surface area contributed by atoms with Gasteiger partial charge in [0, 0.05) is 22.0 Å². The molecular weight excluding hydrogens is 356 g/mol. The molecule has 0 bridgehead atoms. The Bertz CT molecular complexity index is 1140. The summed E-state index contributed by atoms with van der Waals surface area (Å²) in [5.74, 6) is -0.697. The van der Waals surface area contributed by atoms with Gasteiger partial charge in [-0.05, 0) is 48.9 Å². The Balaban J connectivity index is 2.13. The second-order valence-electron chi connectivity index (χ2n) is 5.82. The van der Waals surface area contributed by atoms with E-state index in [4.69, 9.17) is 5.73 Å². The number of aromatic hydroxyl groups is 1. The summed E-state index contributed by atoms with van der Waals surface area (Å²) in [6.07, 6.45) is 0. The number of aryl methyl sites for hydroxylation is 1. The zero-order valence-corrected chi connectivity index (χ0v) is 14.5. The smallest absolute Gasteiger partial charge is 0.297 e. The summed E-state index contributed by atoms with van der Waals surface area (Å²) in [7, 11) is -4.67. The van der Waals surface area contributed by atoms with E-state index in [1.807, 2.05) is 0 Å². The summed E-state index contributed by atoms with van der Waals surface area (Å²) in [6, 6.07) is 11.7. The summed E-state index contributed by atoms with van der Waals surface area (Å²) in [5.41, 5.74) is 7.16. The zero-order chi connectivity index (χ0) is 19.1. The summed E-state index contributed by atoms with van der Waals surface area (Å²) in [4.78, 5) is 12.0. The van der Waals surface area contributed by atoms with E-state index in [1.165, 1.54) is 36.4 Å². The van der Waals surface area contributed by atoms with Crippen molar-refractivity contribution in [2.45, 2.75) is 11.8 Å². The molecule has 0 aliphatic carbocycles. The molecule has 0 unspecified atom stereocenters. The van der Waals surface area contributed by atoms with Gasteiger partial charge >= 0.3 is 0 Å². The molecule has 0 saturated carbocycles. The van der Waals surface area contributed by atoms with Crippen molar-refractivity contribution in [1.82, 2.24) is 0 Å². The highest BCUT2D eigenvalue weighted by molar-refractivity contribution is 7.86. The quantitative estimate of drug-likeness (QED) is 0.413. The van der Waals surface area contributed by atoms with Crippen molar-refractivity contribution in [2.24, 2.45) is 0 Å². The largest absolute Gasteiger partial charge is 0.507 e. The molecular formula is C18H16N2O5S. The monoisotopic (exact) mass is 372 g/mol. The number of phenols is 1. The molecule has 0 fully saturated rings. The molecule has 7 nitrogen and oxygen atoms in total. The minimum absolute atomic E-state index is 0.0925. The molecule has 0 aliphatic rings. The van der Waals surface area contributed by atoms with Crippen molar-refractivity contribution < 1.29 is 22.9 Å². The number of carbonyl (C=O) groups excluding carboxylic acids is 1. The van der Waals surface area contributed by atoms with Crippen LogP contribution >= 0.6 is 0 Å². The number of rotatable bonds is 3. The Labute approximate surface area is 149 Å². The lowest BCUT2D eigenvalue weighted by Gasteiger charge is -2.13. The van der Waals surface area contributed by atoms with Crippen LogP contribution in [0.4, 0.5) is 11.4 Å². The number of nitrogens with two attached hydrogens (primary N) is 1. The SMILES string of the molecule is Cc1cc(C(=O)Nc2ccc3c(O)cccc3c2S(=O)(=O)O)ccc1N. The van der Waals surface area contributed by atoms with E-state index in [1.54, 1.807) is 19.1 Å². The van der Waals surface area contributed by atoms with Gasteiger partial charge in [0.1, 0.15) is 10.6 Å². The molecule has 8 heteroatoms. The summed E-state index contributed by atoms with van der Waals surface area (Å²) in [6.45, 7) is 1.74. The van der Waals surface area contributed by atoms with Crippen molar-refractivity contribution in [3.63, 3.8) is 0 Å². The second-order valence-corrected chi connectivity index (χ2v) is 7.17. The van der Waals surface area contributed by atoms with E-state index in [9.17, 15) is 22.9 Å². The van der Waals surface area contributed by atoms with Gasteiger partial charge in [-0.3, -0.25) is 9.35 Å². The van der Waals surface area contributed by atoms with Crippen LogP contribution in [-0.4, -0.2) is 24.0 Å². The Morgan fingerprint density at radius 2 is 1.81 bits per heavy atom. The fourth-order valence-electron chi connectivity index (χ4n) is 2.70. The summed E-state index contributed by atoms with van der Waals surface area (Å²) < 4.78 is 33.4. The number of hydrogen-bond donors (Lipinski definition) is 4. The summed E-state index contributed by atoms with van der Waals surface area (Å²) >= 11 is 0. The molecule has 0 spiro atoms. The Morgan fingerprint density at radius 3 is 2.46 bits per heavy atom. The molecule has 5 N–H and O–H groups in total. The van der Waals surface area contributed by atoms with E-state index in [0.29, 0.717) is 11.3 Å². The van der Waals surface area contributed by atoms with Gasteiger partial charge in [0.2, 0.25) is 0 Å².